The summed E-state index contributed by atoms with van der Waals surface area (Å²) in [5, 5.41) is 0. The van der Waals surface area contributed by atoms with Crippen LogP contribution in [-0.2, 0) is 0 Å². The molecule has 0 saturated heterocycles. The van der Waals surface area contributed by atoms with Crippen molar-refractivity contribution in [3.8, 4) is 0 Å². The first kappa shape index (κ1) is 21.6. The summed E-state index contributed by atoms with van der Waals surface area (Å²) in [5.41, 5.74) is 0. The molecule has 0 saturated carbocycles. The first-order valence-corrected chi connectivity index (χ1v) is 8.66. The van der Waals surface area contributed by atoms with Gasteiger partial charge in [0.2, 0.25) is 0 Å². The molecule has 0 aliphatic carbocycles. The molecule has 0 unspecified atom stereocenters. The molecule has 0 aliphatic heterocycles. The monoisotopic (exact) mass is 426 g/mol. The topological polar surface area (TPSA) is 0 Å². The van der Waals surface area contributed by atoms with Crippen LogP contribution in [0.4, 0.5) is 0 Å². The Morgan fingerprint density at radius 2 is 1.00 bits per heavy atom. The first-order valence-electron chi connectivity index (χ1n) is 7.87. The van der Waals surface area contributed by atoms with E-state index in [0.29, 0.717) is 4.32 Å². The second kappa shape index (κ2) is 14.7. The van der Waals surface area contributed by atoms with Crippen LogP contribution in [0.3, 0.4) is 0 Å². The fourth-order valence-electron chi connectivity index (χ4n) is 2.41. The van der Waals surface area contributed by atoms with E-state index in [2.05, 4.69) is 36.7 Å². The molecule has 2 radical (unpaired) electrons. The summed E-state index contributed by atoms with van der Waals surface area (Å²) in [6, 6.07) is 0. The molecule has 0 heterocycles. The van der Waals surface area contributed by atoms with Gasteiger partial charge in [0, 0.05) is 4.32 Å². The van der Waals surface area contributed by atoms with Crippen LogP contribution in [0.5, 0.6) is 0 Å². The van der Waals surface area contributed by atoms with Crippen LogP contribution in [-0.4, -0.2) is 28.2 Å². The normalized spacial score (nSPS) is 11.3. The maximum atomic E-state index is 4.06. The van der Waals surface area contributed by atoms with E-state index < -0.39 is 0 Å². The molecule has 110 valence electrons. The van der Waals surface area contributed by atoms with Gasteiger partial charge in [-0.25, -0.2) is 0 Å². The van der Waals surface area contributed by atoms with Crippen LogP contribution in [0.2, 0.25) is 0 Å². The zero-order valence-corrected chi connectivity index (χ0v) is 18.7. The van der Waals surface area contributed by atoms with Crippen molar-refractivity contribution in [2.75, 3.05) is 0 Å². The Hall–Kier alpha value is 1.28. The molecule has 0 atom stereocenters. The van der Waals surface area contributed by atoms with Gasteiger partial charge in [0.15, 0.2) is 0 Å². The number of halogens is 1. The molecular weight excluding hydrogens is 391 g/mol. The zero-order chi connectivity index (χ0) is 13.0. The van der Waals surface area contributed by atoms with Crippen LogP contribution >= 0.6 is 15.9 Å². The molecule has 2 heteroatoms. The Bertz CT molecular complexity index is 151. The van der Waals surface area contributed by atoms with Gasteiger partial charge in [-0.15, -0.1) is 0 Å². The number of hydrogen-bond donors (Lipinski definition) is 0. The van der Waals surface area contributed by atoms with E-state index in [0.717, 1.165) is 0 Å². The molecule has 0 aliphatic rings. The number of hydrogen-bond acceptors (Lipinski definition) is 0. The van der Waals surface area contributed by atoms with Gasteiger partial charge in [-0.2, -0.15) is 0 Å². The average Bonchev–Trinajstić information content (AvgIpc) is 2.34. The summed E-state index contributed by atoms with van der Waals surface area (Å²) in [6.45, 7) is 6.89. The van der Waals surface area contributed by atoms with E-state index in [9.17, 15) is 0 Å². The molecule has 0 amide bonds. The standard InChI is InChI=1S/C16H33Br.Sn.2H/c1-4-7-10-11-12-15-16(17,13-8-5-2)14-9-6-3;;;/h4-15H2,1-3H3;;;. The fourth-order valence-corrected chi connectivity index (χ4v) is 3.25. The second-order valence-corrected chi connectivity index (χ2v) is 7.20. The van der Waals surface area contributed by atoms with Crippen molar-refractivity contribution in [3.05, 3.63) is 0 Å². The summed E-state index contributed by atoms with van der Waals surface area (Å²) < 4.78 is 0.464. The summed E-state index contributed by atoms with van der Waals surface area (Å²) in [6.07, 6.45) is 16.6. The van der Waals surface area contributed by atoms with E-state index in [1.807, 2.05) is 0 Å². The van der Waals surface area contributed by atoms with E-state index in [-0.39, 0.29) is 23.9 Å². The Morgan fingerprint density at radius 3 is 1.44 bits per heavy atom. The minimum atomic E-state index is 0. The van der Waals surface area contributed by atoms with Gasteiger partial charge < -0.3 is 0 Å². The average molecular weight is 426 g/mol. The molecule has 18 heavy (non-hydrogen) atoms. The summed E-state index contributed by atoms with van der Waals surface area (Å²) >= 11 is 4.06. The van der Waals surface area contributed by atoms with Crippen molar-refractivity contribution >= 4 is 39.8 Å². The van der Waals surface area contributed by atoms with E-state index in [4.69, 9.17) is 0 Å². The van der Waals surface area contributed by atoms with Crippen LogP contribution in [0.25, 0.3) is 0 Å². The predicted molar refractivity (Wildman–Crippen MR) is 92.6 cm³/mol. The minimum absolute atomic E-state index is 0. The van der Waals surface area contributed by atoms with E-state index in [1.54, 1.807) is 0 Å². The third kappa shape index (κ3) is 12.3. The van der Waals surface area contributed by atoms with Gasteiger partial charge >= 0.3 is 23.9 Å². The molecule has 0 rings (SSSR count). The second-order valence-electron chi connectivity index (χ2n) is 5.52. The number of rotatable bonds is 12. The first-order chi connectivity index (χ1) is 8.18. The van der Waals surface area contributed by atoms with Crippen LogP contribution in [0.1, 0.15) is 97.8 Å². The fraction of sp³-hybridized carbons (Fsp3) is 1.00. The van der Waals surface area contributed by atoms with Crippen molar-refractivity contribution in [3.63, 3.8) is 0 Å². The molecule has 0 N–H and O–H groups in total. The van der Waals surface area contributed by atoms with Crippen LogP contribution < -0.4 is 0 Å². The third-order valence-electron chi connectivity index (χ3n) is 3.69. The molecule has 0 spiro atoms. The molecule has 0 nitrogen and oxygen atoms in total. The van der Waals surface area contributed by atoms with Gasteiger partial charge in [-0.05, 0) is 19.3 Å². The Kier molecular flexibility index (Phi) is 17.6. The van der Waals surface area contributed by atoms with Crippen LogP contribution in [0.15, 0.2) is 0 Å². The molecule has 0 aromatic heterocycles. The van der Waals surface area contributed by atoms with Gasteiger partial charge in [-0.1, -0.05) is 94.5 Å². The Balaban J connectivity index is 0. The zero-order valence-electron chi connectivity index (χ0n) is 13.1. The summed E-state index contributed by atoms with van der Waals surface area (Å²) in [4.78, 5) is 0. The van der Waals surface area contributed by atoms with Crippen molar-refractivity contribution < 1.29 is 0 Å². The van der Waals surface area contributed by atoms with Gasteiger partial charge in [0.1, 0.15) is 0 Å². The number of unbranched alkanes of at least 4 members (excludes halogenated alkanes) is 6. The van der Waals surface area contributed by atoms with Gasteiger partial charge in [0.25, 0.3) is 0 Å². The Morgan fingerprint density at radius 1 is 0.611 bits per heavy atom. The van der Waals surface area contributed by atoms with Crippen molar-refractivity contribution in [1.82, 2.24) is 0 Å². The molecule has 0 aromatic carbocycles. The quantitative estimate of drug-likeness (QED) is 0.206. The Labute approximate surface area is 141 Å². The summed E-state index contributed by atoms with van der Waals surface area (Å²) in [5.74, 6) is 0. The maximum absolute atomic E-state index is 4.06. The number of alkyl halides is 1. The van der Waals surface area contributed by atoms with E-state index >= 15 is 0 Å². The van der Waals surface area contributed by atoms with Crippen molar-refractivity contribution in [2.24, 2.45) is 0 Å². The molecule has 0 fully saturated rings. The SMILES string of the molecule is CCCCCCCC(Br)(CCCC)CCCC.[SnH2]. The van der Waals surface area contributed by atoms with E-state index in [1.165, 1.54) is 77.0 Å². The van der Waals surface area contributed by atoms with Gasteiger partial charge in [0.05, 0.1) is 0 Å². The van der Waals surface area contributed by atoms with Crippen LogP contribution in [0, 0.1) is 0 Å². The molecule has 0 aromatic rings. The molecular formula is C16H35BrSn. The van der Waals surface area contributed by atoms with Crippen molar-refractivity contribution in [1.29, 1.82) is 0 Å². The predicted octanol–water partition coefficient (Wildman–Crippen LogP) is 5.94. The molecule has 0 bridgehead atoms. The third-order valence-corrected chi connectivity index (χ3v) is 4.87. The summed E-state index contributed by atoms with van der Waals surface area (Å²) in [7, 11) is 0. The van der Waals surface area contributed by atoms with Gasteiger partial charge in [-0.3, -0.25) is 0 Å². The van der Waals surface area contributed by atoms with Crippen molar-refractivity contribution in [2.45, 2.75) is 102 Å².